The van der Waals surface area contributed by atoms with Crippen LogP contribution in [-0.4, -0.2) is 46.8 Å². The first-order valence-corrected chi connectivity index (χ1v) is 7.11. The lowest BCUT2D eigenvalue weighted by molar-refractivity contribution is 0.0718. The summed E-state index contributed by atoms with van der Waals surface area (Å²) in [5.74, 6) is 1.10. The maximum atomic E-state index is 5.73. The third-order valence-electron chi connectivity index (χ3n) is 3.61. The van der Waals surface area contributed by atoms with Gasteiger partial charge in [0.2, 0.25) is 0 Å². The summed E-state index contributed by atoms with van der Waals surface area (Å²) in [7, 11) is 0. The minimum Gasteiger partial charge on any atom is -0.377 e. The van der Waals surface area contributed by atoms with Gasteiger partial charge in [-0.05, 0) is 32.7 Å². The largest absolute Gasteiger partial charge is 0.377 e. The number of imidazole rings is 1. The van der Waals surface area contributed by atoms with Crippen LogP contribution in [-0.2, 0) is 11.3 Å². The van der Waals surface area contributed by atoms with E-state index in [1.165, 1.54) is 19.3 Å². The molecule has 0 amide bonds. The van der Waals surface area contributed by atoms with Crippen LogP contribution in [0.3, 0.4) is 0 Å². The second kappa shape index (κ2) is 6.90. The molecule has 0 N–H and O–H groups in total. The number of hydrogen-bond acceptors (Lipinski definition) is 3. The molecule has 2 heterocycles. The lowest BCUT2D eigenvalue weighted by Crippen LogP contribution is -2.35. The van der Waals surface area contributed by atoms with Crippen molar-refractivity contribution in [2.75, 3.05) is 26.2 Å². The number of hydrogen-bond donors (Lipinski definition) is 0. The van der Waals surface area contributed by atoms with Crippen LogP contribution < -0.4 is 0 Å². The molecule has 1 fully saturated rings. The van der Waals surface area contributed by atoms with Gasteiger partial charge < -0.3 is 9.30 Å². The van der Waals surface area contributed by atoms with E-state index in [-0.39, 0.29) is 0 Å². The van der Waals surface area contributed by atoms with Crippen LogP contribution >= 0.6 is 0 Å². The summed E-state index contributed by atoms with van der Waals surface area (Å²) in [6.07, 6.45) is 8.05. The van der Waals surface area contributed by atoms with E-state index in [2.05, 4.69) is 34.5 Å². The molecule has 0 bridgehead atoms. The van der Waals surface area contributed by atoms with Crippen LogP contribution in [0, 0.1) is 6.92 Å². The highest BCUT2D eigenvalue weighted by Gasteiger charge is 2.18. The average molecular weight is 251 g/mol. The van der Waals surface area contributed by atoms with Crippen molar-refractivity contribution in [2.45, 2.75) is 45.8 Å². The van der Waals surface area contributed by atoms with Crippen LogP contribution in [0.25, 0.3) is 0 Å². The van der Waals surface area contributed by atoms with Gasteiger partial charge in [-0.1, -0.05) is 6.92 Å². The number of rotatable bonds is 7. The van der Waals surface area contributed by atoms with Crippen molar-refractivity contribution in [3.8, 4) is 0 Å². The molecule has 2 rings (SSSR count). The molecule has 4 nitrogen and oxygen atoms in total. The normalized spacial score (nSPS) is 19.8. The number of ether oxygens (including phenoxy) is 1. The Balaban J connectivity index is 1.79. The van der Waals surface area contributed by atoms with Gasteiger partial charge in [0.15, 0.2) is 0 Å². The van der Waals surface area contributed by atoms with Gasteiger partial charge in [-0.3, -0.25) is 4.90 Å². The molecule has 0 radical (unpaired) electrons. The molecule has 4 heteroatoms. The second-order valence-corrected chi connectivity index (χ2v) is 5.10. The molecule has 1 aromatic rings. The molecular weight excluding hydrogens is 226 g/mol. The van der Waals surface area contributed by atoms with Gasteiger partial charge in [0, 0.05) is 38.6 Å². The van der Waals surface area contributed by atoms with Crippen LogP contribution in [0.4, 0.5) is 0 Å². The number of aryl methyl sites for hydroxylation is 1. The molecule has 18 heavy (non-hydrogen) atoms. The predicted octanol–water partition coefficient (Wildman–Crippen LogP) is 2.08. The summed E-state index contributed by atoms with van der Waals surface area (Å²) in [6.45, 7) is 9.61. The molecule has 0 aromatic carbocycles. The van der Waals surface area contributed by atoms with Crippen molar-refractivity contribution in [2.24, 2.45) is 0 Å². The van der Waals surface area contributed by atoms with Crippen LogP contribution in [0.15, 0.2) is 12.4 Å². The van der Waals surface area contributed by atoms with Gasteiger partial charge in [-0.25, -0.2) is 4.98 Å². The Morgan fingerprint density at radius 3 is 3.00 bits per heavy atom. The molecule has 0 saturated carbocycles. The number of nitrogens with zero attached hydrogens (tertiary/aromatic N) is 3. The Labute approximate surface area is 110 Å². The zero-order valence-corrected chi connectivity index (χ0v) is 11.6. The third kappa shape index (κ3) is 3.82. The quantitative estimate of drug-likeness (QED) is 0.743. The highest BCUT2D eigenvalue weighted by Crippen LogP contribution is 2.13. The zero-order valence-electron chi connectivity index (χ0n) is 11.6. The fraction of sp³-hybridized carbons (Fsp3) is 0.786. The fourth-order valence-corrected chi connectivity index (χ4v) is 2.58. The van der Waals surface area contributed by atoms with Gasteiger partial charge in [0.05, 0.1) is 6.10 Å². The summed E-state index contributed by atoms with van der Waals surface area (Å²) >= 11 is 0. The molecule has 1 aromatic heterocycles. The van der Waals surface area contributed by atoms with E-state index in [1.54, 1.807) is 0 Å². The van der Waals surface area contributed by atoms with E-state index in [9.17, 15) is 0 Å². The number of aromatic nitrogens is 2. The minimum absolute atomic E-state index is 0.459. The molecule has 1 saturated heterocycles. The van der Waals surface area contributed by atoms with Gasteiger partial charge in [-0.2, -0.15) is 0 Å². The molecular formula is C14H25N3O. The van der Waals surface area contributed by atoms with E-state index >= 15 is 0 Å². The van der Waals surface area contributed by atoms with Gasteiger partial charge in [-0.15, -0.1) is 0 Å². The minimum atomic E-state index is 0.459. The standard InChI is InChI=1S/C14H25N3O/c1-3-7-16(12-14-5-4-11-18-14)9-10-17-8-6-15-13(17)2/h6,8,14H,3-5,7,9-12H2,1-2H3/t14-/m1/s1. The van der Waals surface area contributed by atoms with Gasteiger partial charge in [0.1, 0.15) is 5.82 Å². The van der Waals surface area contributed by atoms with Crippen molar-refractivity contribution in [3.63, 3.8) is 0 Å². The lowest BCUT2D eigenvalue weighted by Gasteiger charge is -2.25. The Morgan fingerprint density at radius 1 is 1.50 bits per heavy atom. The summed E-state index contributed by atoms with van der Waals surface area (Å²) in [5.41, 5.74) is 0. The van der Waals surface area contributed by atoms with Crippen molar-refractivity contribution in [1.29, 1.82) is 0 Å². The van der Waals surface area contributed by atoms with Crippen molar-refractivity contribution >= 4 is 0 Å². The first-order valence-electron chi connectivity index (χ1n) is 7.11. The second-order valence-electron chi connectivity index (χ2n) is 5.10. The highest BCUT2D eigenvalue weighted by molar-refractivity contribution is 4.88. The Bertz CT molecular complexity index is 345. The molecule has 1 aliphatic heterocycles. The maximum Gasteiger partial charge on any atom is 0.105 e. The lowest BCUT2D eigenvalue weighted by atomic mass is 10.2. The molecule has 1 atom stereocenters. The van der Waals surface area contributed by atoms with E-state index in [0.29, 0.717) is 6.10 Å². The summed E-state index contributed by atoms with van der Waals surface area (Å²) < 4.78 is 7.95. The third-order valence-corrected chi connectivity index (χ3v) is 3.61. The van der Waals surface area contributed by atoms with E-state index in [1.807, 2.05) is 6.20 Å². The van der Waals surface area contributed by atoms with E-state index in [0.717, 1.165) is 38.6 Å². The van der Waals surface area contributed by atoms with Crippen LogP contribution in [0.5, 0.6) is 0 Å². The predicted molar refractivity (Wildman–Crippen MR) is 72.7 cm³/mol. The van der Waals surface area contributed by atoms with Gasteiger partial charge in [0.25, 0.3) is 0 Å². The van der Waals surface area contributed by atoms with Crippen molar-refractivity contribution in [1.82, 2.24) is 14.5 Å². The SMILES string of the molecule is CCCN(CCn1ccnc1C)C[C@H]1CCCO1. The Kier molecular flexibility index (Phi) is 5.20. The molecule has 0 spiro atoms. The summed E-state index contributed by atoms with van der Waals surface area (Å²) in [6, 6.07) is 0. The van der Waals surface area contributed by atoms with Crippen LogP contribution in [0.2, 0.25) is 0 Å². The highest BCUT2D eigenvalue weighted by atomic mass is 16.5. The fourth-order valence-electron chi connectivity index (χ4n) is 2.58. The molecule has 0 unspecified atom stereocenters. The molecule has 1 aliphatic rings. The molecule has 0 aliphatic carbocycles. The molecule has 102 valence electrons. The smallest absolute Gasteiger partial charge is 0.105 e. The zero-order chi connectivity index (χ0) is 12.8. The van der Waals surface area contributed by atoms with Crippen molar-refractivity contribution in [3.05, 3.63) is 18.2 Å². The topological polar surface area (TPSA) is 30.3 Å². The van der Waals surface area contributed by atoms with E-state index in [4.69, 9.17) is 4.74 Å². The van der Waals surface area contributed by atoms with E-state index < -0.39 is 0 Å². The maximum absolute atomic E-state index is 5.73. The van der Waals surface area contributed by atoms with Crippen molar-refractivity contribution < 1.29 is 4.74 Å². The average Bonchev–Trinajstić information content (AvgIpc) is 2.98. The summed E-state index contributed by atoms with van der Waals surface area (Å²) in [5, 5.41) is 0. The summed E-state index contributed by atoms with van der Waals surface area (Å²) in [4.78, 5) is 6.79. The first kappa shape index (κ1) is 13.6. The Morgan fingerprint density at radius 2 is 2.39 bits per heavy atom. The van der Waals surface area contributed by atoms with Gasteiger partial charge >= 0.3 is 0 Å². The first-order chi connectivity index (χ1) is 8.79. The monoisotopic (exact) mass is 251 g/mol. The Hall–Kier alpha value is -0.870. The van der Waals surface area contributed by atoms with Crippen LogP contribution in [0.1, 0.15) is 32.0 Å².